The standard InChI is InChI=1S/C22H18BrN3OS/c1-14-12-19(15(2)26(14)18-10-8-16(23)9-11-18)21(27)20(13-24)22(28)25-17-6-4-3-5-7-17/h3-12,27H,1-2H3,(H,25,28)/b21-20+. The number of aliphatic hydroxyl groups is 1. The van der Waals surface area contributed by atoms with Gasteiger partial charge in [0, 0.05) is 32.8 Å². The highest BCUT2D eigenvalue weighted by molar-refractivity contribution is 9.10. The van der Waals surface area contributed by atoms with E-state index in [2.05, 4.69) is 21.2 Å². The number of nitrogens with one attached hydrogen (secondary N) is 1. The number of hydrogen-bond donors (Lipinski definition) is 2. The number of aliphatic hydroxyl groups excluding tert-OH is 1. The predicted molar refractivity (Wildman–Crippen MR) is 121 cm³/mol. The number of rotatable bonds is 4. The first-order valence-electron chi connectivity index (χ1n) is 8.57. The summed E-state index contributed by atoms with van der Waals surface area (Å²) in [5, 5.41) is 23.5. The first-order chi connectivity index (χ1) is 13.4. The van der Waals surface area contributed by atoms with Crippen molar-refractivity contribution in [3.05, 3.63) is 87.7 Å². The number of para-hydroxylation sites is 1. The maximum atomic E-state index is 10.8. The van der Waals surface area contributed by atoms with Gasteiger partial charge in [-0.25, -0.2) is 0 Å². The number of thiocarbonyl (C=S) groups is 1. The highest BCUT2D eigenvalue weighted by Gasteiger charge is 2.19. The van der Waals surface area contributed by atoms with Crippen molar-refractivity contribution in [1.29, 1.82) is 5.26 Å². The molecule has 0 spiro atoms. The van der Waals surface area contributed by atoms with Crippen molar-refractivity contribution >= 4 is 44.6 Å². The van der Waals surface area contributed by atoms with Crippen LogP contribution in [0.4, 0.5) is 5.69 Å². The van der Waals surface area contributed by atoms with Gasteiger partial charge in [0.2, 0.25) is 0 Å². The number of halogens is 1. The van der Waals surface area contributed by atoms with Crippen LogP contribution in [0, 0.1) is 25.2 Å². The lowest BCUT2D eigenvalue weighted by Crippen LogP contribution is -2.13. The summed E-state index contributed by atoms with van der Waals surface area (Å²) in [6.07, 6.45) is 0. The van der Waals surface area contributed by atoms with Crippen molar-refractivity contribution in [2.24, 2.45) is 0 Å². The van der Waals surface area contributed by atoms with Crippen molar-refractivity contribution < 1.29 is 5.11 Å². The highest BCUT2D eigenvalue weighted by atomic mass is 79.9. The van der Waals surface area contributed by atoms with Crippen molar-refractivity contribution in [3.63, 3.8) is 0 Å². The molecule has 140 valence electrons. The summed E-state index contributed by atoms with van der Waals surface area (Å²) in [4.78, 5) is 0.180. The zero-order chi connectivity index (χ0) is 20.3. The summed E-state index contributed by atoms with van der Waals surface area (Å²) in [6, 6.07) is 21.1. The zero-order valence-corrected chi connectivity index (χ0v) is 17.8. The van der Waals surface area contributed by atoms with E-state index in [1.165, 1.54) is 0 Å². The van der Waals surface area contributed by atoms with E-state index in [1.807, 2.05) is 85.1 Å². The van der Waals surface area contributed by atoms with Gasteiger partial charge in [0.05, 0.1) is 0 Å². The topological polar surface area (TPSA) is 61.0 Å². The van der Waals surface area contributed by atoms with Gasteiger partial charge in [-0.2, -0.15) is 5.26 Å². The SMILES string of the molecule is Cc1cc(/C(O)=C(/C#N)C(=S)Nc2ccccc2)c(C)n1-c1ccc(Br)cc1. The molecule has 0 saturated heterocycles. The van der Waals surface area contributed by atoms with Crippen molar-refractivity contribution in [3.8, 4) is 11.8 Å². The fourth-order valence-electron chi connectivity index (χ4n) is 3.05. The number of anilines is 1. The molecule has 0 amide bonds. The van der Waals surface area contributed by atoms with Crippen molar-refractivity contribution in [2.45, 2.75) is 13.8 Å². The highest BCUT2D eigenvalue weighted by Crippen LogP contribution is 2.28. The molecule has 0 bridgehead atoms. The molecule has 0 radical (unpaired) electrons. The van der Waals surface area contributed by atoms with Gasteiger partial charge < -0.3 is 15.0 Å². The Bertz CT molecular complexity index is 1090. The molecule has 2 N–H and O–H groups in total. The van der Waals surface area contributed by atoms with Crippen LogP contribution < -0.4 is 5.32 Å². The monoisotopic (exact) mass is 451 g/mol. The zero-order valence-electron chi connectivity index (χ0n) is 15.4. The van der Waals surface area contributed by atoms with E-state index in [9.17, 15) is 10.4 Å². The Kier molecular flexibility index (Phi) is 5.98. The number of aryl methyl sites for hydroxylation is 1. The van der Waals surface area contributed by atoms with Gasteiger partial charge in [-0.1, -0.05) is 46.3 Å². The van der Waals surface area contributed by atoms with Crippen LogP contribution in [0.3, 0.4) is 0 Å². The summed E-state index contributed by atoms with van der Waals surface area (Å²) in [5.74, 6) is -0.132. The maximum Gasteiger partial charge on any atom is 0.145 e. The van der Waals surface area contributed by atoms with Crippen LogP contribution in [0.25, 0.3) is 11.4 Å². The van der Waals surface area contributed by atoms with Crippen LogP contribution >= 0.6 is 28.1 Å². The summed E-state index contributed by atoms with van der Waals surface area (Å²) < 4.78 is 3.02. The second-order valence-electron chi connectivity index (χ2n) is 6.25. The molecule has 2 aromatic carbocycles. The van der Waals surface area contributed by atoms with E-state index < -0.39 is 0 Å². The Balaban J connectivity index is 2.01. The third kappa shape index (κ3) is 4.01. The molecule has 0 aliphatic carbocycles. The predicted octanol–water partition coefficient (Wildman–Crippen LogP) is 6.09. The quantitative estimate of drug-likeness (QED) is 0.218. The first kappa shape index (κ1) is 19.9. The Morgan fingerprint density at radius 1 is 1.11 bits per heavy atom. The lowest BCUT2D eigenvalue weighted by molar-refractivity contribution is 0.510. The Morgan fingerprint density at radius 3 is 2.36 bits per heavy atom. The molecule has 0 aliphatic heterocycles. The molecule has 0 fully saturated rings. The molecule has 1 aromatic heterocycles. The Hall–Kier alpha value is -2.88. The average Bonchev–Trinajstić information content (AvgIpc) is 2.98. The lowest BCUT2D eigenvalue weighted by Gasteiger charge is -2.11. The largest absolute Gasteiger partial charge is 0.506 e. The van der Waals surface area contributed by atoms with Crippen LogP contribution in [0.1, 0.15) is 17.0 Å². The molecule has 1 heterocycles. The number of aromatic nitrogens is 1. The molecule has 28 heavy (non-hydrogen) atoms. The van der Waals surface area contributed by atoms with Crippen LogP contribution in [0.5, 0.6) is 0 Å². The summed E-state index contributed by atoms with van der Waals surface area (Å²) in [7, 11) is 0. The number of benzene rings is 2. The van der Waals surface area contributed by atoms with E-state index >= 15 is 0 Å². The van der Waals surface area contributed by atoms with Crippen molar-refractivity contribution in [1.82, 2.24) is 4.57 Å². The average molecular weight is 452 g/mol. The first-order valence-corrected chi connectivity index (χ1v) is 9.77. The van der Waals surface area contributed by atoms with Gasteiger partial charge >= 0.3 is 0 Å². The molecule has 3 rings (SSSR count). The van der Waals surface area contributed by atoms with Gasteiger partial charge in [0.25, 0.3) is 0 Å². The molecule has 4 nitrogen and oxygen atoms in total. The second kappa shape index (κ2) is 8.42. The van der Waals surface area contributed by atoms with E-state index in [0.717, 1.165) is 27.2 Å². The fraction of sp³-hybridized carbons (Fsp3) is 0.0909. The molecule has 0 atom stereocenters. The van der Waals surface area contributed by atoms with E-state index in [0.29, 0.717) is 5.56 Å². The fourth-order valence-corrected chi connectivity index (χ4v) is 3.58. The lowest BCUT2D eigenvalue weighted by atomic mass is 10.1. The van der Waals surface area contributed by atoms with Gasteiger partial charge in [-0.3, -0.25) is 0 Å². The van der Waals surface area contributed by atoms with Gasteiger partial charge in [-0.05, 0) is 56.3 Å². The number of hydrogen-bond acceptors (Lipinski definition) is 3. The minimum absolute atomic E-state index is 0.0370. The molecule has 0 unspecified atom stereocenters. The maximum absolute atomic E-state index is 10.8. The van der Waals surface area contributed by atoms with Gasteiger partial charge in [0.15, 0.2) is 0 Å². The molecular formula is C22H18BrN3OS. The van der Waals surface area contributed by atoms with Gasteiger partial charge in [0.1, 0.15) is 22.4 Å². The number of nitriles is 1. The minimum atomic E-state index is -0.132. The van der Waals surface area contributed by atoms with Crippen LogP contribution in [0.2, 0.25) is 0 Å². The molecule has 3 aromatic rings. The second-order valence-corrected chi connectivity index (χ2v) is 7.58. The van der Waals surface area contributed by atoms with E-state index in [-0.39, 0.29) is 16.3 Å². The van der Waals surface area contributed by atoms with Crippen LogP contribution in [-0.2, 0) is 0 Å². The molecule has 6 heteroatoms. The van der Waals surface area contributed by atoms with Crippen LogP contribution in [-0.4, -0.2) is 14.7 Å². The third-order valence-corrected chi connectivity index (χ3v) is 5.21. The normalized spacial score (nSPS) is 11.5. The van der Waals surface area contributed by atoms with Crippen LogP contribution in [0.15, 0.2) is 70.7 Å². The summed E-state index contributed by atoms with van der Waals surface area (Å²) >= 11 is 8.80. The Labute approximate surface area is 177 Å². The van der Waals surface area contributed by atoms with Gasteiger partial charge in [-0.15, -0.1) is 0 Å². The van der Waals surface area contributed by atoms with E-state index in [4.69, 9.17) is 12.2 Å². The molecular weight excluding hydrogens is 434 g/mol. The minimum Gasteiger partial charge on any atom is -0.506 e. The summed E-state index contributed by atoms with van der Waals surface area (Å²) in [6.45, 7) is 3.86. The Morgan fingerprint density at radius 2 is 1.75 bits per heavy atom. The molecule has 0 aliphatic rings. The van der Waals surface area contributed by atoms with Crippen molar-refractivity contribution in [2.75, 3.05) is 5.32 Å². The molecule has 0 saturated carbocycles. The van der Waals surface area contributed by atoms with E-state index in [1.54, 1.807) is 0 Å². The smallest absolute Gasteiger partial charge is 0.145 e. The number of nitrogens with zero attached hydrogens (tertiary/aromatic N) is 2. The summed E-state index contributed by atoms with van der Waals surface area (Å²) in [5.41, 5.74) is 4.12. The third-order valence-electron chi connectivity index (χ3n) is 4.38.